The Kier molecular flexibility index (Phi) is 4.98. The van der Waals surface area contributed by atoms with Crippen LogP contribution in [-0.2, 0) is 16.1 Å². The lowest BCUT2D eigenvalue weighted by atomic mass is 10.0. The maximum absolute atomic E-state index is 13.1. The van der Waals surface area contributed by atoms with E-state index < -0.39 is 11.6 Å². The highest BCUT2D eigenvalue weighted by Crippen LogP contribution is 2.34. The van der Waals surface area contributed by atoms with Gasteiger partial charge < -0.3 is 15.0 Å². The summed E-state index contributed by atoms with van der Waals surface area (Å²) in [7, 11) is 0. The largest absolute Gasteiger partial charge is 0.483 e. The van der Waals surface area contributed by atoms with Crippen LogP contribution in [0.1, 0.15) is 37.9 Å². The number of hydrogen-bond donors (Lipinski definition) is 1. The number of carbonyl (C=O) groups is 2. The standard InChI is InChI=1S/C21H24N2O3/c1-21(2,3)22-20(25)19-16-11-7-8-12-17(16)26-14-18(24)23(19)13-15-9-5-4-6-10-15/h4-12,19H,13-14H2,1-3H3,(H,22,25). The van der Waals surface area contributed by atoms with Crippen LogP contribution in [0, 0.1) is 0 Å². The predicted octanol–water partition coefficient (Wildman–Crippen LogP) is 3.06. The van der Waals surface area contributed by atoms with Gasteiger partial charge in [0.1, 0.15) is 11.8 Å². The molecular weight excluding hydrogens is 328 g/mol. The molecule has 0 fully saturated rings. The van der Waals surface area contributed by atoms with Crippen LogP contribution in [0.25, 0.3) is 0 Å². The van der Waals surface area contributed by atoms with Crippen LogP contribution in [0.2, 0.25) is 0 Å². The van der Waals surface area contributed by atoms with Crippen LogP contribution in [0.3, 0.4) is 0 Å². The molecule has 136 valence electrons. The summed E-state index contributed by atoms with van der Waals surface area (Å²) in [6.07, 6.45) is 0. The SMILES string of the molecule is CC(C)(C)NC(=O)C1c2ccccc2OCC(=O)N1Cc1ccccc1. The lowest BCUT2D eigenvalue weighted by Crippen LogP contribution is -2.49. The number of nitrogens with zero attached hydrogens (tertiary/aromatic N) is 1. The highest BCUT2D eigenvalue weighted by molar-refractivity contribution is 5.91. The third-order valence-electron chi connectivity index (χ3n) is 4.14. The summed E-state index contributed by atoms with van der Waals surface area (Å²) < 4.78 is 5.67. The van der Waals surface area contributed by atoms with Crippen molar-refractivity contribution < 1.29 is 14.3 Å². The van der Waals surface area contributed by atoms with Crippen molar-refractivity contribution in [2.75, 3.05) is 6.61 Å². The summed E-state index contributed by atoms with van der Waals surface area (Å²) in [4.78, 5) is 27.5. The van der Waals surface area contributed by atoms with E-state index in [2.05, 4.69) is 5.32 Å². The molecule has 1 N–H and O–H groups in total. The van der Waals surface area contributed by atoms with E-state index in [9.17, 15) is 9.59 Å². The molecule has 2 aromatic carbocycles. The zero-order chi connectivity index (χ0) is 18.7. The third-order valence-corrected chi connectivity index (χ3v) is 4.14. The van der Waals surface area contributed by atoms with Crippen LogP contribution in [0.15, 0.2) is 54.6 Å². The number of hydrogen-bond acceptors (Lipinski definition) is 3. The Morgan fingerprint density at radius 1 is 1.12 bits per heavy atom. The first-order valence-electron chi connectivity index (χ1n) is 8.72. The number of nitrogens with one attached hydrogen (secondary N) is 1. The molecule has 0 bridgehead atoms. The molecule has 1 atom stereocenters. The molecule has 2 amide bonds. The quantitative estimate of drug-likeness (QED) is 0.924. The van der Waals surface area contributed by atoms with Crippen molar-refractivity contribution in [1.29, 1.82) is 0 Å². The summed E-state index contributed by atoms with van der Waals surface area (Å²) in [6.45, 7) is 6.04. The minimum Gasteiger partial charge on any atom is -0.483 e. The molecule has 0 aliphatic carbocycles. The monoisotopic (exact) mass is 352 g/mol. The summed E-state index contributed by atoms with van der Waals surface area (Å²) in [5.74, 6) is 0.157. The van der Waals surface area contributed by atoms with E-state index in [-0.39, 0.29) is 18.4 Å². The molecule has 0 radical (unpaired) electrons. The topological polar surface area (TPSA) is 58.6 Å². The van der Waals surface area contributed by atoms with E-state index in [1.165, 1.54) is 0 Å². The fraction of sp³-hybridized carbons (Fsp3) is 0.333. The first-order valence-corrected chi connectivity index (χ1v) is 8.72. The molecule has 5 heteroatoms. The van der Waals surface area contributed by atoms with Crippen molar-refractivity contribution >= 4 is 11.8 Å². The lowest BCUT2D eigenvalue weighted by molar-refractivity contribution is -0.142. The van der Waals surface area contributed by atoms with Gasteiger partial charge in [0, 0.05) is 17.6 Å². The van der Waals surface area contributed by atoms with Gasteiger partial charge in [0.2, 0.25) is 5.91 Å². The number of para-hydroxylation sites is 1. The maximum Gasteiger partial charge on any atom is 0.261 e. The smallest absolute Gasteiger partial charge is 0.261 e. The first-order chi connectivity index (χ1) is 12.3. The number of benzene rings is 2. The maximum atomic E-state index is 13.1. The van der Waals surface area contributed by atoms with Gasteiger partial charge in [-0.1, -0.05) is 48.5 Å². The normalized spacial score (nSPS) is 17.1. The molecular formula is C21H24N2O3. The Morgan fingerprint density at radius 3 is 2.46 bits per heavy atom. The molecule has 0 aromatic heterocycles. The van der Waals surface area contributed by atoms with Gasteiger partial charge >= 0.3 is 0 Å². The van der Waals surface area contributed by atoms with Gasteiger partial charge in [0.05, 0.1) is 0 Å². The van der Waals surface area contributed by atoms with E-state index in [1.807, 2.05) is 69.3 Å². The van der Waals surface area contributed by atoms with Crippen molar-refractivity contribution in [2.45, 2.75) is 38.9 Å². The Bertz CT molecular complexity index is 796. The number of ether oxygens (including phenoxy) is 1. The molecule has 3 rings (SSSR count). The Morgan fingerprint density at radius 2 is 1.77 bits per heavy atom. The van der Waals surface area contributed by atoms with Crippen LogP contribution >= 0.6 is 0 Å². The lowest BCUT2D eigenvalue weighted by Gasteiger charge is -2.32. The minimum atomic E-state index is -0.736. The molecule has 1 unspecified atom stereocenters. The Labute approximate surface area is 154 Å². The Balaban J connectivity index is 2.03. The second kappa shape index (κ2) is 7.20. The zero-order valence-electron chi connectivity index (χ0n) is 15.4. The fourth-order valence-electron chi connectivity index (χ4n) is 3.05. The highest BCUT2D eigenvalue weighted by Gasteiger charge is 2.37. The van der Waals surface area contributed by atoms with Crippen molar-refractivity contribution in [2.24, 2.45) is 0 Å². The highest BCUT2D eigenvalue weighted by atomic mass is 16.5. The molecule has 5 nitrogen and oxygen atoms in total. The van der Waals surface area contributed by atoms with Crippen LogP contribution in [0.5, 0.6) is 5.75 Å². The number of rotatable bonds is 3. The minimum absolute atomic E-state index is 0.0802. The molecule has 0 saturated carbocycles. The van der Waals surface area contributed by atoms with E-state index in [4.69, 9.17) is 4.74 Å². The summed E-state index contributed by atoms with van der Waals surface area (Å²) in [5.41, 5.74) is 1.27. The average molecular weight is 352 g/mol. The molecule has 0 saturated heterocycles. The van der Waals surface area contributed by atoms with Crippen LogP contribution in [-0.4, -0.2) is 28.9 Å². The van der Waals surface area contributed by atoms with Gasteiger partial charge in [-0.15, -0.1) is 0 Å². The predicted molar refractivity (Wildman–Crippen MR) is 99.6 cm³/mol. The van der Waals surface area contributed by atoms with Gasteiger partial charge in [0.25, 0.3) is 5.91 Å². The van der Waals surface area contributed by atoms with Gasteiger partial charge in [0.15, 0.2) is 6.61 Å². The Hall–Kier alpha value is -2.82. The van der Waals surface area contributed by atoms with E-state index in [1.54, 1.807) is 11.0 Å². The van der Waals surface area contributed by atoms with Gasteiger partial charge in [-0.2, -0.15) is 0 Å². The van der Waals surface area contributed by atoms with Crippen molar-refractivity contribution in [1.82, 2.24) is 10.2 Å². The van der Waals surface area contributed by atoms with E-state index >= 15 is 0 Å². The fourth-order valence-corrected chi connectivity index (χ4v) is 3.05. The number of carbonyl (C=O) groups excluding carboxylic acids is 2. The first kappa shape index (κ1) is 18.0. The summed E-state index contributed by atoms with van der Waals surface area (Å²) in [6, 6.07) is 16.3. The van der Waals surface area contributed by atoms with E-state index in [0.29, 0.717) is 17.9 Å². The van der Waals surface area contributed by atoms with Crippen LogP contribution in [0.4, 0.5) is 0 Å². The van der Waals surface area contributed by atoms with Gasteiger partial charge in [-0.3, -0.25) is 9.59 Å². The molecule has 1 aliphatic rings. The van der Waals surface area contributed by atoms with Crippen LogP contribution < -0.4 is 10.1 Å². The number of fused-ring (bicyclic) bond motifs is 1. The van der Waals surface area contributed by atoms with Crippen molar-refractivity contribution in [3.63, 3.8) is 0 Å². The van der Waals surface area contributed by atoms with Crippen molar-refractivity contribution in [3.8, 4) is 5.75 Å². The average Bonchev–Trinajstić information content (AvgIpc) is 2.72. The molecule has 26 heavy (non-hydrogen) atoms. The summed E-state index contributed by atoms with van der Waals surface area (Å²) in [5, 5.41) is 3.01. The molecule has 0 spiro atoms. The van der Waals surface area contributed by atoms with E-state index in [0.717, 1.165) is 5.56 Å². The second-order valence-corrected chi connectivity index (χ2v) is 7.48. The van der Waals surface area contributed by atoms with Crippen molar-refractivity contribution in [3.05, 3.63) is 65.7 Å². The molecule has 1 heterocycles. The van der Waals surface area contributed by atoms with Gasteiger partial charge in [-0.05, 0) is 32.4 Å². The third kappa shape index (κ3) is 4.04. The van der Waals surface area contributed by atoms with Gasteiger partial charge in [-0.25, -0.2) is 0 Å². The zero-order valence-corrected chi connectivity index (χ0v) is 15.4. The summed E-state index contributed by atoms with van der Waals surface area (Å²) >= 11 is 0. The molecule has 2 aromatic rings. The number of amides is 2. The molecule has 1 aliphatic heterocycles. The second-order valence-electron chi connectivity index (χ2n) is 7.48.